The number of nitrogens with zero attached hydrogens (tertiary/aromatic N) is 2. The Bertz CT molecular complexity index is 931. The van der Waals surface area contributed by atoms with Crippen LogP contribution in [0.25, 0.3) is 10.9 Å². The molecule has 3 heterocycles. The number of aromatic nitrogens is 1. The topological polar surface area (TPSA) is 85.5 Å². The van der Waals surface area contributed by atoms with E-state index in [1.54, 1.807) is 4.90 Å². The Labute approximate surface area is 176 Å². The lowest BCUT2D eigenvalue weighted by atomic mass is 9.95. The summed E-state index contributed by atoms with van der Waals surface area (Å²) in [4.78, 5) is 45.0. The first-order valence-corrected chi connectivity index (χ1v) is 10.9. The molecule has 0 spiro atoms. The van der Waals surface area contributed by atoms with Gasteiger partial charge in [0.15, 0.2) is 0 Å². The number of carbonyl (C=O) groups excluding carboxylic acids is 3. The highest BCUT2D eigenvalue weighted by atomic mass is 16.2. The van der Waals surface area contributed by atoms with Crippen molar-refractivity contribution >= 4 is 28.6 Å². The molecule has 0 saturated carbocycles. The second kappa shape index (κ2) is 8.90. The van der Waals surface area contributed by atoms with E-state index >= 15 is 0 Å². The lowest BCUT2D eigenvalue weighted by molar-refractivity contribution is -0.142. The highest BCUT2D eigenvalue weighted by molar-refractivity contribution is 5.89. The standard InChI is InChI=1S/C23H30N4O3/c1-16(28)25-21(13-18-14-24-20-9-3-2-8-19(18)20)23(30)27-12-6-7-17(15-27)22(29)26-10-4-5-11-26/h2-3,8-9,14,17,21,24H,4-7,10-13,15H2,1H3,(H,25,28). The van der Waals surface area contributed by atoms with Crippen LogP contribution in [0.15, 0.2) is 30.5 Å². The number of nitrogens with one attached hydrogen (secondary N) is 2. The molecule has 2 aromatic rings. The molecule has 2 aliphatic heterocycles. The van der Waals surface area contributed by atoms with E-state index in [0.29, 0.717) is 19.5 Å². The molecule has 1 aromatic heterocycles. The van der Waals surface area contributed by atoms with E-state index in [-0.39, 0.29) is 23.6 Å². The number of likely N-dealkylation sites (tertiary alicyclic amines) is 2. The van der Waals surface area contributed by atoms with E-state index in [2.05, 4.69) is 10.3 Å². The molecule has 0 bridgehead atoms. The minimum Gasteiger partial charge on any atom is -0.361 e. The minimum absolute atomic E-state index is 0.102. The van der Waals surface area contributed by atoms with Gasteiger partial charge >= 0.3 is 0 Å². The molecule has 0 aliphatic carbocycles. The molecule has 2 saturated heterocycles. The fourth-order valence-corrected chi connectivity index (χ4v) is 4.76. The van der Waals surface area contributed by atoms with Crippen molar-refractivity contribution < 1.29 is 14.4 Å². The number of carbonyl (C=O) groups is 3. The quantitative estimate of drug-likeness (QED) is 0.791. The Balaban J connectivity index is 1.48. The van der Waals surface area contributed by atoms with Crippen LogP contribution in [-0.4, -0.2) is 64.7 Å². The van der Waals surface area contributed by atoms with E-state index in [4.69, 9.17) is 0 Å². The van der Waals surface area contributed by atoms with Crippen molar-refractivity contribution in [1.82, 2.24) is 20.1 Å². The van der Waals surface area contributed by atoms with Gasteiger partial charge in [0, 0.05) is 56.6 Å². The number of fused-ring (bicyclic) bond motifs is 1. The lowest BCUT2D eigenvalue weighted by Gasteiger charge is -2.36. The van der Waals surface area contributed by atoms with Crippen molar-refractivity contribution in [2.45, 2.75) is 45.1 Å². The Morgan fingerprint density at radius 3 is 2.60 bits per heavy atom. The smallest absolute Gasteiger partial charge is 0.245 e. The maximum Gasteiger partial charge on any atom is 0.245 e. The Hall–Kier alpha value is -2.83. The molecule has 2 N–H and O–H groups in total. The van der Waals surface area contributed by atoms with Crippen LogP contribution in [0.3, 0.4) is 0 Å². The van der Waals surface area contributed by atoms with Crippen molar-refractivity contribution in [2.75, 3.05) is 26.2 Å². The van der Waals surface area contributed by atoms with Gasteiger partial charge in [-0.2, -0.15) is 0 Å². The molecule has 2 atom stereocenters. The fourth-order valence-electron chi connectivity index (χ4n) is 4.76. The monoisotopic (exact) mass is 410 g/mol. The van der Waals surface area contributed by atoms with Crippen molar-refractivity contribution in [3.8, 4) is 0 Å². The fraction of sp³-hybridized carbons (Fsp3) is 0.522. The zero-order valence-corrected chi connectivity index (χ0v) is 17.5. The van der Waals surface area contributed by atoms with Crippen molar-refractivity contribution in [3.05, 3.63) is 36.0 Å². The summed E-state index contributed by atoms with van der Waals surface area (Å²) in [5.41, 5.74) is 2.01. The van der Waals surface area contributed by atoms with E-state index in [9.17, 15) is 14.4 Å². The van der Waals surface area contributed by atoms with Gasteiger partial charge in [0.25, 0.3) is 0 Å². The molecule has 4 rings (SSSR count). The zero-order valence-electron chi connectivity index (χ0n) is 17.5. The Morgan fingerprint density at radius 2 is 1.83 bits per heavy atom. The van der Waals surface area contributed by atoms with Gasteiger partial charge in [-0.1, -0.05) is 18.2 Å². The molecule has 0 radical (unpaired) electrons. The summed E-state index contributed by atoms with van der Waals surface area (Å²) in [6.07, 6.45) is 6.10. The molecule has 3 amide bonds. The van der Waals surface area contributed by atoms with Gasteiger partial charge in [0.2, 0.25) is 17.7 Å². The normalized spacial score (nSPS) is 20.4. The number of hydrogen-bond acceptors (Lipinski definition) is 3. The summed E-state index contributed by atoms with van der Waals surface area (Å²) in [6, 6.07) is 7.30. The molecule has 7 heteroatoms. The molecule has 2 aliphatic rings. The van der Waals surface area contributed by atoms with Crippen LogP contribution in [0.5, 0.6) is 0 Å². The second-order valence-electron chi connectivity index (χ2n) is 8.47. The third-order valence-corrected chi connectivity index (χ3v) is 6.27. The van der Waals surface area contributed by atoms with Crippen molar-refractivity contribution in [3.63, 3.8) is 0 Å². The van der Waals surface area contributed by atoms with E-state index in [1.165, 1.54) is 6.92 Å². The zero-order chi connectivity index (χ0) is 21.1. The van der Waals surface area contributed by atoms with Crippen LogP contribution < -0.4 is 5.32 Å². The SMILES string of the molecule is CC(=O)NC(Cc1c[nH]c2ccccc12)C(=O)N1CCCC(C(=O)N2CCCC2)C1. The summed E-state index contributed by atoms with van der Waals surface area (Å²) in [6.45, 7) is 4.17. The Morgan fingerprint density at radius 1 is 1.10 bits per heavy atom. The maximum absolute atomic E-state index is 13.4. The number of benzene rings is 1. The number of hydrogen-bond donors (Lipinski definition) is 2. The first kappa shape index (κ1) is 20.4. The first-order chi connectivity index (χ1) is 14.5. The largest absolute Gasteiger partial charge is 0.361 e. The van der Waals surface area contributed by atoms with E-state index in [1.807, 2.05) is 35.4 Å². The highest BCUT2D eigenvalue weighted by Crippen LogP contribution is 2.24. The summed E-state index contributed by atoms with van der Waals surface area (Å²) in [7, 11) is 0. The van der Waals surface area contributed by atoms with Gasteiger partial charge in [-0.05, 0) is 37.3 Å². The molecule has 160 valence electrons. The molecule has 2 unspecified atom stereocenters. The molecular weight excluding hydrogens is 380 g/mol. The maximum atomic E-state index is 13.4. The average Bonchev–Trinajstić information content (AvgIpc) is 3.43. The lowest BCUT2D eigenvalue weighted by Crippen LogP contribution is -2.53. The minimum atomic E-state index is -0.637. The molecular formula is C23H30N4O3. The number of rotatable bonds is 5. The number of amides is 3. The molecule has 1 aromatic carbocycles. The van der Waals surface area contributed by atoms with E-state index < -0.39 is 6.04 Å². The van der Waals surface area contributed by atoms with Crippen molar-refractivity contribution in [1.29, 1.82) is 0 Å². The molecule has 2 fully saturated rings. The predicted molar refractivity (Wildman–Crippen MR) is 115 cm³/mol. The van der Waals surface area contributed by atoms with Crippen LogP contribution in [0.4, 0.5) is 0 Å². The number of aromatic amines is 1. The van der Waals surface area contributed by atoms with Gasteiger partial charge in [-0.25, -0.2) is 0 Å². The Kier molecular flexibility index (Phi) is 6.06. The second-order valence-corrected chi connectivity index (χ2v) is 8.47. The van der Waals surface area contributed by atoms with E-state index in [0.717, 1.165) is 55.2 Å². The van der Waals surface area contributed by atoms with Gasteiger partial charge in [-0.15, -0.1) is 0 Å². The third-order valence-electron chi connectivity index (χ3n) is 6.27. The van der Waals surface area contributed by atoms with Crippen molar-refractivity contribution in [2.24, 2.45) is 5.92 Å². The van der Waals surface area contributed by atoms with Crippen LogP contribution >= 0.6 is 0 Å². The van der Waals surface area contributed by atoms with Crippen LogP contribution in [-0.2, 0) is 20.8 Å². The summed E-state index contributed by atoms with van der Waals surface area (Å²) >= 11 is 0. The summed E-state index contributed by atoms with van der Waals surface area (Å²) in [5.74, 6) is -0.283. The van der Waals surface area contributed by atoms with Crippen LogP contribution in [0, 0.1) is 5.92 Å². The number of piperidine rings is 1. The summed E-state index contributed by atoms with van der Waals surface area (Å²) in [5, 5.41) is 3.90. The summed E-state index contributed by atoms with van der Waals surface area (Å²) < 4.78 is 0. The van der Waals surface area contributed by atoms with Crippen LogP contribution in [0.1, 0.15) is 38.2 Å². The van der Waals surface area contributed by atoms with Gasteiger partial charge in [-0.3, -0.25) is 14.4 Å². The van der Waals surface area contributed by atoms with Gasteiger partial charge in [0.1, 0.15) is 6.04 Å². The van der Waals surface area contributed by atoms with Gasteiger partial charge < -0.3 is 20.1 Å². The van der Waals surface area contributed by atoms with Crippen LogP contribution in [0.2, 0.25) is 0 Å². The first-order valence-electron chi connectivity index (χ1n) is 10.9. The number of para-hydroxylation sites is 1. The predicted octanol–water partition coefficient (Wildman–Crippen LogP) is 2.08. The highest BCUT2D eigenvalue weighted by Gasteiger charge is 2.34. The average molecular weight is 411 g/mol. The van der Waals surface area contributed by atoms with Gasteiger partial charge in [0.05, 0.1) is 5.92 Å². The number of H-pyrrole nitrogens is 1. The molecule has 30 heavy (non-hydrogen) atoms. The third kappa shape index (κ3) is 4.35. The molecule has 7 nitrogen and oxygen atoms in total.